The number of benzene rings is 1. The number of ether oxygens (including phenoxy) is 1. The minimum Gasteiger partial charge on any atom is -0.494 e. The van der Waals surface area contributed by atoms with E-state index < -0.39 is 0 Å². The highest BCUT2D eigenvalue weighted by Crippen LogP contribution is 2.14. The van der Waals surface area contributed by atoms with E-state index in [0.717, 1.165) is 22.1 Å². The maximum atomic E-state index is 12.1. The highest BCUT2D eigenvalue weighted by Gasteiger charge is 2.10. The van der Waals surface area contributed by atoms with Crippen LogP contribution in [0.5, 0.6) is 5.75 Å². The molecule has 1 heterocycles. The van der Waals surface area contributed by atoms with Crippen LogP contribution in [0.4, 0.5) is 0 Å². The molecule has 0 bridgehead atoms. The Morgan fingerprint density at radius 3 is 2.58 bits per heavy atom. The zero-order valence-electron chi connectivity index (χ0n) is 14.0. The minimum absolute atomic E-state index is 0.0409. The lowest BCUT2D eigenvalue weighted by Crippen LogP contribution is -2.22. The number of amides is 1. The number of aromatic nitrogens is 1. The summed E-state index contributed by atoms with van der Waals surface area (Å²) in [7, 11) is 0. The highest BCUT2D eigenvalue weighted by atomic mass is 32.1. The standard InChI is InChI=1S/C18H22N2O3S/c1-3-10-23-15-6-4-14(5-7-15)17(21)8-9-18(22)20-12-16-11-19-13(2)24-16/h4-7,11H,3,8-10,12H2,1-2H3,(H,20,22). The van der Waals surface area contributed by atoms with Gasteiger partial charge in [-0.15, -0.1) is 11.3 Å². The van der Waals surface area contributed by atoms with Crippen molar-refractivity contribution < 1.29 is 14.3 Å². The zero-order chi connectivity index (χ0) is 17.4. The number of nitrogens with zero attached hydrogens (tertiary/aromatic N) is 1. The van der Waals surface area contributed by atoms with Crippen LogP contribution in [0, 0.1) is 6.92 Å². The Hall–Kier alpha value is -2.21. The largest absolute Gasteiger partial charge is 0.494 e. The van der Waals surface area contributed by atoms with Gasteiger partial charge in [-0.2, -0.15) is 0 Å². The lowest BCUT2D eigenvalue weighted by molar-refractivity contribution is -0.121. The number of carbonyl (C=O) groups excluding carboxylic acids is 2. The topological polar surface area (TPSA) is 68.3 Å². The Morgan fingerprint density at radius 2 is 1.96 bits per heavy atom. The number of hydrogen-bond donors (Lipinski definition) is 1. The predicted octanol–water partition coefficient (Wildman–Crippen LogP) is 3.52. The first-order chi connectivity index (χ1) is 11.6. The van der Waals surface area contributed by atoms with Gasteiger partial charge in [-0.1, -0.05) is 6.92 Å². The molecule has 0 aliphatic heterocycles. The maximum Gasteiger partial charge on any atom is 0.220 e. The first-order valence-electron chi connectivity index (χ1n) is 8.02. The highest BCUT2D eigenvalue weighted by molar-refractivity contribution is 7.11. The molecule has 0 aliphatic carbocycles. The van der Waals surface area contributed by atoms with Crippen LogP contribution >= 0.6 is 11.3 Å². The van der Waals surface area contributed by atoms with Crippen molar-refractivity contribution in [2.45, 2.75) is 39.7 Å². The molecule has 1 amide bonds. The SMILES string of the molecule is CCCOc1ccc(C(=O)CCC(=O)NCc2cnc(C)s2)cc1. The summed E-state index contributed by atoms with van der Waals surface area (Å²) in [6.07, 6.45) is 3.08. The molecular formula is C18H22N2O3S. The molecule has 1 aromatic heterocycles. The second-order valence-corrected chi connectivity index (χ2v) is 6.74. The van der Waals surface area contributed by atoms with Crippen LogP contribution in [0.1, 0.15) is 46.4 Å². The van der Waals surface area contributed by atoms with Crippen LogP contribution in [0.3, 0.4) is 0 Å². The van der Waals surface area contributed by atoms with Gasteiger partial charge in [0, 0.05) is 29.5 Å². The van der Waals surface area contributed by atoms with Crippen molar-refractivity contribution in [1.82, 2.24) is 10.3 Å². The fraction of sp³-hybridized carbons (Fsp3) is 0.389. The lowest BCUT2D eigenvalue weighted by atomic mass is 10.1. The van der Waals surface area contributed by atoms with Gasteiger partial charge in [0.25, 0.3) is 0 Å². The van der Waals surface area contributed by atoms with Crippen molar-refractivity contribution in [2.24, 2.45) is 0 Å². The van der Waals surface area contributed by atoms with Crippen LogP contribution in [0.2, 0.25) is 0 Å². The third-order valence-electron chi connectivity index (χ3n) is 3.36. The molecule has 0 aliphatic rings. The number of nitrogens with one attached hydrogen (secondary N) is 1. The summed E-state index contributed by atoms with van der Waals surface area (Å²) in [4.78, 5) is 29.1. The molecule has 0 radical (unpaired) electrons. The molecule has 1 N–H and O–H groups in total. The first kappa shape index (κ1) is 18.1. The molecule has 0 saturated carbocycles. The minimum atomic E-state index is -0.127. The number of aryl methyl sites for hydroxylation is 1. The number of ketones is 1. The second-order valence-electron chi connectivity index (χ2n) is 5.42. The van der Waals surface area contributed by atoms with Gasteiger partial charge < -0.3 is 10.1 Å². The Balaban J connectivity index is 1.74. The van der Waals surface area contributed by atoms with Crippen LogP contribution in [0.15, 0.2) is 30.5 Å². The van der Waals surface area contributed by atoms with Crippen LogP contribution < -0.4 is 10.1 Å². The molecule has 1 aromatic carbocycles. The Bertz CT molecular complexity index is 680. The molecule has 2 aromatic rings. The molecular weight excluding hydrogens is 324 g/mol. The van der Waals surface area contributed by atoms with Gasteiger partial charge in [-0.3, -0.25) is 9.59 Å². The molecule has 6 heteroatoms. The van der Waals surface area contributed by atoms with E-state index in [0.29, 0.717) is 18.7 Å². The lowest BCUT2D eigenvalue weighted by Gasteiger charge is -2.06. The summed E-state index contributed by atoms with van der Waals surface area (Å²) in [5, 5.41) is 3.78. The molecule has 2 rings (SSSR count). The zero-order valence-corrected chi connectivity index (χ0v) is 14.8. The Morgan fingerprint density at radius 1 is 1.21 bits per heavy atom. The van der Waals surface area contributed by atoms with Crippen molar-refractivity contribution >= 4 is 23.0 Å². The quantitative estimate of drug-likeness (QED) is 0.705. The average molecular weight is 346 g/mol. The van der Waals surface area contributed by atoms with E-state index in [4.69, 9.17) is 4.74 Å². The summed E-state index contributed by atoms with van der Waals surface area (Å²) in [5.41, 5.74) is 0.602. The van der Waals surface area contributed by atoms with Gasteiger partial charge in [0.2, 0.25) is 5.91 Å². The Kier molecular flexibility index (Phi) is 6.93. The van der Waals surface area contributed by atoms with Crippen molar-refractivity contribution in [3.05, 3.63) is 45.9 Å². The smallest absolute Gasteiger partial charge is 0.220 e. The summed E-state index contributed by atoms with van der Waals surface area (Å²) in [5.74, 6) is 0.587. The van der Waals surface area contributed by atoms with Crippen molar-refractivity contribution in [3.63, 3.8) is 0 Å². The number of thiazole rings is 1. The number of rotatable bonds is 9. The van der Waals surface area contributed by atoms with Gasteiger partial charge in [0.05, 0.1) is 18.2 Å². The van der Waals surface area contributed by atoms with Crippen molar-refractivity contribution in [1.29, 1.82) is 0 Å². The fourth-order valence-electron chi connectivity index (χ4n) is 2.09. The molecule has 128 valence electrons. The summed E-state index contributed by atoms with van der Waals surface area (Å²) in [6.45, 7) is 5.08. The summed E-state index contributed by atoms with van der Waals surface area (Å²) >= 11 is 1.55. The average Bonchev–Trinajstić information content (AvgIpc) is 3.02. The van der Waals surface area contributed by atoms with E-state index in [1.807, 2.05) is 13.8 Å². The molecule has 0 saturated heterocycles. The third kappa shape index (κ3) is 5.77. The molecule has 24 heavy (non-hydrogen) atoms. The second kappa shape index (κ2) is 9.17. The molecule has 5 nitrogen and oxygen atoms in total. The fourth-order valence-corrected chi connectivity index (χ4v) is 2.82. The van der Waals surface area contributed by atoms with E-state index in [1.165, 1.54) is 0 Å². The van der Waals surface area contributed by atoms with Gasteiger partial charge in [0.15, 0.2) is 5.78 Å². The molecule has 0 atom stereocenters. The number of hydrogen-bond acceptors (Lipinski definition) is 5. The molecule has 0 fully saturated rings. The molecule has 0 unspecified atom stereocenters. The van der Waals surface area contributed by atoms with Gasteiger partial charge >= 0.3 is 0 Å². The van der Waals surface area contributed by atoms with Gasteiger partial charge in [-0.25, -0.2) is 4.98 Å². The first-order valence-corrected chi connectivity index (χ1v) is 8.84. The number of Topliss-reactive ketones (excluding diaryl/α,β-unsaturated/α-hetero) is 1. The van der Waals surface area contributed by atoms with Crippen LogP contribution in [0.25, 0.3) is 0 Å². The van der Waals surface area contributed by atoms with E-state index in [1.54, 1.807) is 41.8 Å². The maximum absolute atomic E-state index is 12.1. The van der Waals surface area contributed by atoms with E-state index in [2.05, 4.69) is 10.3 Å². The van der Waals surface area contributed by atoms with Crippen LogP contribution in [-0.4, -0.2) is 23.3 Å². The van der Waals surface area contributed by atoms with Crippen molar-refractivity contribution in [2.75, 3.05) is 6.61 Å². The van der Waals surface area contributed by atoms with Gasteiger partial charge in [-0.05, 0) is 37.6 Å². The predicted molar refractivity (Wildman–Crippen MR) is 94.5 cm³/mol. The van der Waals surface area contributed by atoms with E-state index in [9.17, 15) is 9.59 Å². The van der Waals surface area contributed by atoms with E-state index >= 15 is 0 Å². The third-order valence-corrected chi connectivity index (χ3v) is 4.27. The normalized spacial score (nSPS) is 10.4. The summed E-state index contributed by atoms with van der Waals surface area (Å²) in [6, 6.07) is 7.06. The van der Waals surface area contributed by atoms with Gasteiger partial charge in [0.1, 0.15) is 5.75 Å². The molecule has 0 spiro atoms. The summed E-state index contributed by atoms with van der Waals surface area (Å²) < 4.78 is 5.48. The van der Waals surface area contributed by atoms with E-state index in [-0.39, 0.29) is 24.5 Å². The van der Waals surface area contributed by atoms with Crippen molar-refractivity contribution in [3.8, 4) is 5.75 Å². The van der Waals surface area contributed by atoms with Crippen LogP contribution in [-0.2, 0) is 11.3 Å². The number of carbonyl (C=O) groups is 2. The Labute approximate surface area is 146 Å². The monoisotopic (exact) mass is 346 g/mol.